The maximum absolute atomic E-state index is 11.7. The number of nitrogens with one attached hydrogen (secondary N) is 3. The second-order valence-corrected chi connectivity index (χ2v) is 3.86. The molecule has 6 nitrogen and oxygen atoms in total. The highest BCUT2D eigenvalue weighted by Gasteiger charge is 2.04. The highest BCUT2D eigenvalue weighted by molar-refractivity contribution is 14.0. The number of hydrogen-bond donors (Lipinski definition) is 4. The van der Waals surface area contributed by atoms with Crippen LogP contribution in [-0.2, 0) is 0 Å². The number of guanidine groups is 1. The van der Waals surface area contributed by atoms with Crippen LogP contribution in [-0.4, -0.2) is 43.7 Å². The van der Waals surface area contributed by atoms with Gasteiger partial charge in [-0.25, -0.2) is 0 Å². The number of hydrogen-bond acceptors (Lipinski definition) is 3. The summed E-state index contributed by atoms with van der Waals surface area (Å²) in [6.45, 7) is 1.35. The van der Waals surface area contributed by atoms with Gasteiger partial charge >= 0.3 is 0 Å². The second-order valence-electron chi connectivity index (χ2n) is 3.86. The molecule has 4 N–H and O–H groups in total. The van der Waals surface area contributed by atoms with Gasteiger partial charge in [0.05, 0.1) is 6.54 Å². The number of terminal acetylenes is 1. The van der Waals surface area contributed by atoms with E-state index in [-0.39, 0.29) is 35.6 Å². The van der Waals surface area contributed by atoms with Crippen molar-refractivity contribution < 1.29 is 9.90 Å². The minimum Gasteiger partial charge on any atom is -0.508 e. The Hall–Kier alpha value is -1.95. The maximum Gasteiger partial charge on any atom is 0.251 e. The Morgan fingerprint density at radius 3 is 2.43 bits per heavy atom. The molecule has 21 heavy (non-hydrogen) atoms. The molecule has 0 aliphatic carbocycles. The third-order valence-electron chi connectivity index (χ3n) is 2.41. The number of nitrogens with zero attached hydrogens (tertiary/aromatic N) is 1. The SMILES string of the molecule is C#CCNC(=NC)NCCNC(=O)c1ccc(O)cc1.I. The number of aromatic hydroxyl groups is 1. The molecule has 0 spiro atoms. The zero-order valence-electron chi connectivity index (χ0n) is 11.7. The molecule has 0 saturated heterocycles. The fourth-order valence-corrected chi connectivity index (χ4v) is 1.43. The van der Waals surface area contributed by atoms with Crippen molar-refractivity contribution in [3.63, 3.8) is 0 Å². The normalized spacial score (nSPS) is 10.0. The first-order chi connectivity index (χ1) is 9.67. The van der Waals surface area contributed by atoms with Gasteiger partial charge in [0.1, 0.15) is 5.75 Å². The maximum atomic E-state index is 11.7. The molecule has 1 aromatic carbocycles. The molecular formula is C14H19IN4O2. The van der Waals surface area contributed by atoms with Crippen LogP contribution in [0.3, 0.4) is 0 Å². The van der Waals surface area contributed by atoms with E-state index in [4.69, 9.17) is 11.5 Å². The number of aliphatic imine (C=N–C) groups is 1. The highest BCUT2D eigenvalue weighted by atomic mass is 127. The Morgan fingerprint density at radius 2 is 1.86 bits per heavy atom. The molecule has 0 aromatic heterocycles. The zero-order valence-corrected chi connectivity index (χ0v) is 14.0. The monoisotopic (exact) mass is 402 g/mol. The van der Waals surface area contributed by atoms with Crippen molar-refractivity contribution in [2.24, 2.45) is 4.99 Å². The molecular weight excluding hydrogens is 383 g/mol. The lowest BCUT2D eigenvalue weighted by Crippen LogP contribution is -2.41. The van der Waals surface area contributed by atoms with Crippen LogP contribution in [0.2, 0.25) is 0 Å². The lowest BCUT2D eigenvalue weighted by atomic mass is 10.2. The van der Waals surface area contributed by atoms with E-state index in [9.17, 15) is 4.79 Å². The van der Waals surface area contributed by atoms with Crippen LogP contribution in [0, 0.1) is 12.3 Å². The molecule has 0 aliphatic rings. The van der Waals surface area contributed by atoms with Crippen LogP contribution in [0.5, 0.6) is 5.75 Å². The summed E-state index contributed by atoms with van der Waals surface area (Å²) in [5.41, 5.74) is 0.498. The molecule has 114 valence electrons. The fourth-order valence-electron chi connectivity index (χ4n) is 1.43. The van der Waals surface area contributed by atoms with E-state index in [2.05, 4.69) is 26.9 Å². The zero-order chi connectivity index (χ0) is 14.8. The molecule has 1 rings (SSSR count). The van der Waals surface area contributed by atoms with Crippen LogP contribution < -0.4 is 16.0 Å². The number of phenols is 1. The number of phenolic OH excluding ortho intramolecular Hbond substituents is 1. The van der Waals surface area contributed by atoms with Gasteiger partial charge in [-0.15, -0.1) is 30.4 Å². The van der Waals surface area contributed by atoms with Crippen molar-refractivity contribution in [1.82, 2.24) is 16.0 Å². The number of amides is 1. The summed E-state index contributed by atoms with van der Waals surface area (Å²) < 4.78 is 0. The molecule has 0 fully saturated rings. The molecule has 0 atom stereocenters. The van der Waals surface area contributed by atoms with E-state index < -0.39 is 0 Å². The van der Waals surface area contributed by atoms with Crippen molar-refractivity contribution in [2.75, 3.05) is 26.7 Å². The van der Waals surface area contributed by atoms with Crippen LogP contribution >= 0.6 is 24.0 Å². The topological polar surface area (TPSA) is 85.8 Å². The van der Waals surface area contributed by atoms with E-state index in [0.717, 1.165) is 0 Å². The molecule has 0 aliphatic heterocycles. The number of benzene rings is 1. The largest absolute Gasteiger partial charge is 0.508 e. The molecule has 1 aromatic rings. The summed E-state index contributed by atoms with van der Waals surface area (Å²) in [7, 11) is 1.64. The molecule has 1 amide bonds. The summed E-state index contributed by atoms with van der Waals surface area (Å²) in [4.78, 5) is 15.7. The van der Waals surface area contributed by atoms with Crippen molar-refractivity contribution in [1.29, 1.82) is 0 Å². The van der Waals surface area contributed by atoms with Gasteiger partial charge in [-0.05, 0) is 24.3 Å². The van der Waals surface area contributed by atoms with E-state index in [1.54, 1.807) is 19.2 Å². The predicted octanol–water partition coefficient (Wildman–Crippen LogP) is 0.538. The first kappa shape index (κ1) is 19.1. The Labute approximate surface area is 141 Å². The van der Waals surface area contributed by atoms with Gasteiger partial charge in [0.15, 0.2) is 5.96 Å². The van der Waals surface area contributed by atoms with Crippen molar-refractivity contribution in [3.8, 4) is 18.1 Å². The van der Waals surface area contributed by atoms with Gasteiger partial charge in [-0.1, -0.05) is 5.92 Å². The highest BCUT2D eigenvalue weighted by Crippen LogP contribution is 2.08. The lowest BCUT2D eigenvalue weighted by molar-refractivity contribution is 0.0954. The lowest BCUT2D eigenvalue weighted by Gasteiger charge is -2.10. The number of carbonyl (C=O) groups excluding carboxylic acids is 1. The average Bonchev–Trinajstić information content (AvgIpc) is 2.47. The molecule has 0 radical (unpaired) electrons. The summed E-state index contributed by atoms with van der Waals surface area (Å²) in [5.74, 6) is 2.97. The van der Waals surface area contributed by atoms with Gasteiger partial charge in [0.2, 0.25) is 0 Å². The number of halogens is 1. The van der Waals surface area contributed by atoms with Gasteiger partial charge in [-0.2, -0.15) is 0 Å². The smallest absolute Gasteiger partial charge is 0.251 e. The van der Waals surface area contributed by atoms with E-state index in [1.807, 2.05) is 0 Å². The third-order valence-corrected chi connectivity index (χ3v) is 2.41. The Balaban J connectivity index is 0.00000400. The van der Waals surface area contributed by atoms with E-state index in [0.29, 0.717) is 31.2 Å². The summed E-state index contributed by atoms with van der Waals surface area (Å²) >= 11 is 0. The van der Waals surface area contributed by atoms with Crippen molar-refractivity contribution >= 4 is 35.8 Å². The van der Waals surface area contributed by atoms with Gasteiger partial charge in [0.25, 0.3) is 5.91 Å². The minimum atomic E-state index is -0.196. The summed E-state index contributed by atoms with van der Waals surface area (Å²) in [5, 5.41) is 17.8. The Bertz CT molecular complexity index is 509. The molecule has 0 unspecified atom stereocenters. The standard InChI is InChI=1S/C14H18N4O2.HI/c1-3-8-17-14(15-2)18-10-9-16-13(20)11-4-6-12(19)7-5-11;/h1,4-7,19H,8-10H2,2H3,(H,16,20)(H2,15,17,18);1H. The fraction of sp³-hybridized carbons (Fsp3) is 0.286. The summed E-state index contributed by atoms with van der Waals surface area (Å²) in [6, 6.07) is 6.06. The third kappa shape index (κ3) is 7.41. The van der Waals surface area contributed by atoms with Crippen molar-refractivity contribution in [3.05, 3.63) is 29.8 Å². The van der Waals surface area contributed by atoms with Gasteiger partial charge in [0, 0.05) is 25.7 Å². The van der Waals surface area contributed by atoms with Crippen LogP contribution in [0.1, 0.15) is 10.4 Å². The quantitative estimate of drug-likeness (QED) is 0.191. The van der Waals surface area contributed by atoms with Gasteiger partial charge < -0.3 is 21.1 Å². The first-order valence-corrected chi connectivity index (χ1v) is 6.12. The molecule has 0 bridgehead atoms. The predicted molar refractivity (Wildman–Crippen MR) is 94.1 cm³/mol. The Morgan fingerprint density at radius 1 is 1.24 bits per heavy atom. The van der Waals surface area contributed by atoms with Crippen LogP contribution in [0.15, 0.2) is 29.3 Å². The average molecular weight is 402 g/mol. The summed E-state index contributed by atoms with van der Waals surface area (Å²) in [6.07, 6.45) is 5.13. The van der Waals surface area contributed by atoms with Crippen molar-refractivity contribution in [2.45, 2.75) is 0 Å². The minimum absolute atomic E-state index is 0. The molecule has 7 heteroatoms. The van der Waals surface area contributed by atoms with Crippen LogP contribution in [0.25, 0.3) is 0 Å². The number of rotatable bonds is 5. The first-order valence-electron chi connectivity index (χ1n) is 6.12. The second kappa shape index (κ2) is 10.8. The van der Waals surface area contributed by atoms with Gasteiger partial charge in [-0.3, -0.25) is 9.79 Å². The van der Waals surface area contributed by atoms with Crippen LogP contribution in [0.4, 0.5) is 0 Å². The van der Waals surface area contributed by atoms with E-state index in [1.165, 1.54) is 12.1 Å². The molecule has 0 saturated carbocycles. The molecule has 0 heterocycles. The van der Waals surface area contributed by atoms with E-state index >= 15 is 0 Å². The number of carbonyl (C=O) groups is 1. The Kier molecular flexibility index (Phi) is 9.79.